The minimum atomic E-state index is -0.916. The van der Waals surface area contributed by atoms with Gasteiger partial charge in [0.25, 0.3) is 0 Å². The van der Waals surface area contributed by atoms with Crippen LogP contribution in [-0.4, -0.2) is 5.88 Å². The van der Waals surface area contributed by atoms with E-state index in [4.69, 9.17) is 27.9 Å². The van der Waals surface area contributed by atoms with Crippen LogP contribution in [0.4, 0.5) is 8.78 Å². The highest BCUT2D eigenvalue weighted by molar-refractivity contribution is 6.31. The Morgan fingerprint density at radius 1 is 1.10 bits per heavy atom. The molecule has 1 aliphatic heterocycles. The Morgan fingerprint density at radius 2 is 1.85 bits per heavy atom. The average Bonchev–Trinajstić information content (AvgIpc) is 3.18. The van der Waals surface area contributed by atoms with Crippen LogP contribution >= 0.6 is 23.2 Å². The number of epoxide rings is 1. The summed E-state index contributed by atoms with van der Waals surface area (Å²) in [5, 5.41) is 0.562. The van der Waals surface area contributed by atoms with Crippen LogP contribution in [0, 0.1) is 11.6 Å². The van der Waals surface area contributed by atoms with E-state index < -0.39 is 17.2 Å². The first kappa shape index (κ1) is 13.8. The molecule has 104 valence electrons. The molecule has 2 atom stereocenters. The molecule has 0 radical (unpaired) electrons. The van der Waals surface area contributed by atoms with Gasteiger partial charge in [-0.1, -0.05) is 35.9 Å². The smallest absolute Gasteiger partial charge is 0.159 e. The Morgan fingerprint density at radius 3 is 2.50 bits per heavy atom. The molecule has 0 spiro atoms. The summed E-state index contributed by atoms with van der Waals surface area (Å²) in [6.45, 7) is 0. The lowest BCUT2D eigenvalue weighted by molar-refractivity contribution is 0.315. The van der Waals surface area contributed by atoms with Crippen LogP contribution in [0.25, 0.3) is 0 Å². The molecule has 1 heterocycles. The average molecular weight is 315 g/mol. The Balaban J connectivity index is 1.99. The predicted molar refractivity (Wildman–Crippen MR) is 74.0 cm³/mol. The van der Waals surface area contributed by atoms with Gasteiger partial charge in [-0.15, -0.1) is 11.6 Å². The summed E-state index contributed by atoms with van der Waals surface area (Å²) < 4.78 is 32.1. The van der Waals surface area contributed by atoms with Gasteiger partial charge in [-0.2, -0.15) is 0 Å². The van der Waals surface area contributed by atoms with Crippen molar-refractivity contribution in [2.75, 3.05) is 5.88 Å². The van der Waals surface area contributed by atoms with Gasteiger partial charge in [0, 0.05) is 10.6 Å². The lowest BCUT2D eigenvalue weighted by Gasteiger charge is -2.11. The molecule has 0 bridgehead atoms. The fraction of sp³-hybridized carbons (Fsp3) is 0.200. The molecule has 3 rings (SSSR count). The molecular formula is C15H10Cl2F2O. The fourth-order valence-corrected chi connectivity index (χ4v) is 2.93. The first-order chi connectivity index (χ1) is 9.58. The van der Waals surface area contributed by atoms with Gasteiger partial charge in [0.05, 0.1) is 5.88 Å². The van der Waals surface area contributed by atoms with Crippen LogP contribution in [0.5, 0.6) is 0 Å². The van der Waals surface area contributed by atoms with Crippen molar-refractivity contribution in [3.63, 3.8) is 0 Å². The van der Waals surface area contributed by atoms with Gasteiger partial charge >= 0.3 is 0 Å². The predicted octanol–water partition coefficient (Wildman–Crippen LogP) is 4.82. The van der Waals surface area contributed by atoms with E-state index >= 15 is 0 Å². The molecule has 20 heavy (non-hydrogen) atoms. The van der Waals surface area contributed by atoms with E-state index in [-0.39, 0.29) is 12.0 Å². The minimum absolute atomic E-state index is 0.133. The molecule has 2 aromatic carbocycles. The summed E-state index contributed by atoms with van der Waals surface area (Å²) in [5.74, 6) is -1.68. The Kier molecular flexibility index (Phi) is 3.44. The molecule has 5 heteroatoms. The first-order valence-electron chi connectivity index (χ1n) is 6.02. The largest absolute Gasteiger partial charge is 0.354 e. The molecule has 1 saturated heterocycles. The highest BCUT2D eigenvalue weighted by Crippen LogP contribution is 2.58. The third-order valence-corrected chi connectivity index (χ3v) is 4.23. The van der Waals surface area contributed by atoms with Crippen molar-refractivity contribution in [1.29, 1.82) is 0 Å². The standard InChI is InChI=1S/C15H10Cl2F2O/c16-8-15(9-5-6-12(18)13(19)7-9)14(20-15)10-3-1-2-4-11(10)17/h1-7,14H,8H2. The van der Waals surface area contributed by atoms with E-state index in [0.29, 0.717) is 10.6 Å². The third-order valence-electron chi connectivity index (χ3n) is 3.49. The van der Waals surface area contributed by atoms with E-state index in [1.54, 1.807) is 6.07 Å². The van der Waals surface area contributed by atoms with Crippen LogP contribution in [0.1, 0.15) is 17.2 Å². The summed E-state index contributed by atoms with van der Waals surface area (Å²) in [4.78, 5) is 0. The summed E-state index contributed by atoms with van der Waals surface area (Å²) in [6.07, 6.45) is -0.349. The van der Waals surface area contributed by atoms with Crippen LogP contribution in [0.15, 0.2) is 42.5 Å². The zero-order valence-electron chi connectivity index (χ0n) is 10.2. The number of hydrogen-bond acceptors (Lipinski definition) is 1. The molecule has 0 aromatic heterocycles. The minimum Gasteiger partial charge on any atom is -0.354 e. The second kappa shape index (κ2) is 4.99. The van der Waals surface area contributed by atoms with E-state index in [2.05, 4.69) is 0 Å². The van der Waals surface area contributed by atoms with E-state index in [1.165, 1.54) is 6.07 Å². The quantitative estimate of drug-likeness (QED) is 0.584. The summed E-state index contributed by atoms with van der Waals surface area (Å²) in [6, 6.07) is 10.9. The Bertz CT molecular complexity index is 662. The second-order valence-corrected chi connectivity index (χ2v) is 5.35. The maximum Gasteiger partial charge on any atom is 0.159 e. The number of hydrogen-bond donors (Lipinski definition) is 0. The summed E-state index contributed by atoms with van der Waals surface area (Å²) >= 11 is 12.1. The molecule has 1 fully saturated rings. The van der Waals surface area contributed by atoms with E-state index in [9.17, 15) is 8.78 Å². The lowest BCUT2D eigenvalue weighted by Crippen LogP contribution is -2.13. The second-order valence-electron chi connectivity index (χ2n) is 4.67. The summed E-state index contributed by atoms with van der Waals surface area (Å²) in [5.41, 5.74) is 0.456. The SMILES string of the molecule is Fc1ccc(C2(CCl)OC2c2ccccc2Cl)cc1F. The molecule has 1 aliphatic rings. The zero-order valence-corrected chi connectivity index (χ0v) is 11.8. The molecular weight excluding hydrogens is 305 g/mol. The maximum absolute atomic E-state index is 13.4. The molecule has 0 saturated carbocycles. The van der Waals surface area contributed by atoms with Crippen LogP contribution < -0.4 is 0 Å². The molecule has 0 amide bonds. The normalized spacial score (nSPS) is 24.7. The molecule has 2 unspecified atom stereocenters. The van der Waals surface area contributed by atoms with Crippen LogP contribution in [0.2, 0.25) is 5.02 Å². The summed E-state index contributed by atoms with van der Waals surface area (Å²) in [7, 11) is 0. The van der Waals surface area contributed by atoms with Gasteiger partial charge in [-0.25, -0.2) is 8.78 Å². The van der Waals surface area contributed by atoms with Gasteiger partial charge in [0.1, 0.15) is 11.7 Å². The number of halogens is 4. The van der Waals surface area contributed by atoms with Crippen molar-refractivity contribution < 1.29 is 13.5 Å². The van der Waals surface area contributed by atoms with E-state index in [0.717, 1.165) is 17.7 Å². The molecule has 0 aliphatic carbocycles. The molecule has 0 N–H and O–H groups in total. The Hall–Kier alpha value is -1.16. The highest BCUT2D eigenvalue weighted by Gasteiger charge is 2.58. The maximum atomic E-state index is 13.4. The van der Waals surface area contributed by atoms with Crippen molar-refractivity contribution in [3.05, 3.63) is 70.2 Å². The van der Waals surface area contributed by atoms with Gasteiger partial charge in [0.15, 0.2) is 11.6 Å². The van der Waals surface area contributed by atoms with Crippen LogP contribution in [0.3, 0.4) is 0 Å². The van der Waals surface area contributed by atoms with Crippen molar-refractivity contribution in [1.82, 2.24) is 0 Å². The number of alkyl halides is 1. The van der Waals surface area contributed by atoms with Gasteiger partial charge in [-0.05, 0) is 23.8 Å². The monoisotopic (exact) mass is 314 g/mol. The van der Waals surface area contributed by atoms with Crippen molar-refractivity contribution >= 4 is 23.2 Å². The zero-order chi connectivity index (χ0) is 14.3. The number of rotatable bonds is 3. The molecule has 1 nitrogen and oxygen atoms in total. The van der Waals surface area contributed by atoms with Gasteiger partial charge in [-0.3, -0.25) is 0 Å². The Labute approximate surface area is 125 Å². The van der Waals surface area contributed by atoms with Gasteiger partial charge < -0.3 is 4.74 Å². The third kappa shape index (κ3) is 2.10. The van der Waals surface area contributed by atoms with Crippen molar-refractivity contribution in [2.45, 2.75) is 11.7 Å². The topological polar surface area (TPSA) is 12.5 Å². The van der Waals surface area contributed by atoms with Crippen molar-refractivity contribution in [2.24, 2.45) is 0 Å². The number of ether oxygens (including phenoxy) is 1. The highest BCUT2D eigenvalue weighted by atomic mass is 35.5. The van der Waals surface area contributed by atoms with Crippen LogP contribution in [-0.2, 0) is 10.3 Å². The fourth-order valence-electron chi connectivity index (χ4n) is 2.34. The van der Waals surface area contributed by atoms with E-state index in [1.807, 2.05) is 18.2 Å². The van der Waals surface area contributed by atoms with Gasteiger partial charge in [0.2, 0.25) is 0 Å². The lowest BCUT2D eigenvalue weighted by atomic mass is 9.93. The van der Waals surface area contributed by atoms with Crippen molar-refractivity contribution in [3.8, 4) is 0 Å². The first-order valence-corrected chi connectivity index (χ1v) is 6.93. The molecule has 2 aromatic rings. The number of benzene rings is 2.